The second-order valence-electron chi connectivity index (χ2n) is 9.31. The Morgan fingerprint density at radius 1 is 0.974 bits per heavy atom. The van der Waals surface area contributed by atoms with Crippen LogP contribution < -0.4 is 24.4 Å². The van der Waals surface area contributed by atoms with Crippen LogP contribution in [0, 0.1) is 6.92 Å². The van der Waals surface area contributed by atoms with Crippen LogP contribution in [0.3, 0.4) is 0 Å². The van der Waals surface area contributed by atoms with E-state index in [2.05, 4.69) is 15.3 Å². The predicted octanol–water partition coefficient (Wildman–Crippen LogP) is 4.65. The van der Waals surface area contributed by atoms with Gasteiger partial charge in [-0.3, -0.25) is 19.5 Å². The normalized spacial score (nSPS) is 14.3. The molecule has 38 heavy (non-hydrogen) atoms. The Hall–Kier alpha value is -4.14. The number of ether oxygens (including phenoxy) is 3. The molecule has 1 saturated carbocycles. The zero-order chi connectivity index (χ0) is 27.1. The Labute approximate surface area is 223 Å². The van der Waals surface area contributed by atoms with Crippen molar-refractivity contribution in [2.24, 2.45) is 0 Å². The minimum absolute atomic E-state index is 0.0340. The summed E-state index contributed by atoms with van der Waals surface area (Å²) in [4.78, 5) is 38.0. The summed E-state index contributed by atoms with van der Waals surface area (Å²) in [6.45, 7) is 1.94. The van der Waals surface area contributed by atoms with E-state index in [9.17, 15) is 9.59 Å². The van der Waals surface area contributed by atoms with E-state index >= 15 is 0 Å². The molecule has 4 rings (SSSR count). The molecule has 3 aromatic rings. The first kappa shape index (κ1) is 26.9. The van der Waals surface area contributed by atoms with Crippen molar-refractivity contribution in [3.63, 3.8) is 0 Å². The number of benzene rings is 2. The molecule has 1 fully saturated rings. The molecule has 2 aromatic carbocycles. The summed E-state index contributed by atoms with van der Waals surface area (Å²) in [6.07, 6.45) is 9.42. The molecule has 200 valence electrons. The van der Waals surface area contributed by atoms with Gasteiger partial charge in [0.2, 0.25) is 11.7 Å². The van der Waals surface area contributed by atoms with E-state index in [0.717, 1.165) is 37.7 Å². The molecule has 0 aliphatic heterocycles. The number of amides is 2. The first-order valence-electron chi connectivity index (χ1n) is 12.7. The van der Waals surface area contributed by atoms with Crippen molar-refractivity contribution < 1.29 is 23.8 Å². The Bertz CT molecular complexity index is 1240. The van der Waals surface area contributed by atoms with Crippen molar-refractivity contribution in [3.8, 4) is 17.2 Å². The number of hydrogen-bond acceptors (Lipinski definition) is 7. The third-order valence-corrected chi connectivity index (χ3v) is 6.74. The van der Waals surface area contributed by atoms with E-state index < -0.39 is 11.9 Å². The van der Waals surface area contributed by atoms with E-state index in [1.165, 1.54) is 44.8 Å². The van der Waals surface area contributed by atoms with Gasteiger partial charge in [-0.2, -0.15) is 0 Å². The number of methoxy groups -OCH3 is 3. The maximum Gasteiger partial charge on any atom is 0.279 e. The molecule has 0 saturated heterocycles. The van der Waals surface area contributed by atoms with E-state index in [0.29, 0.717) is 28.5 Å². The standard InChI is InChI=1S/C29H34N4O5/c1-19-9-8-12-22(15-19)33(29(35)23-18-30-13-14-31-23)26(28(34)32-21-10-6-5-7-11-21)20-16-24(36-2)27(38-4)25(17-20)37-3/h8-9,12-18,21,26H,5-7,10-11H2,1-4H3,(H,32,34)/t26-/m1/s1. The first-order chi connectivity index (χ1) is 18.5. The molecular formula is C29H34N4O5. The van der Waals surface area contributed by atoms with Crippen LogP contribution >= 0.6 is 0 Å². The molecule has 1 N–H and O–H groups in total. The van der Waals surface area contributed by atoms with Crippen LogP contribution in [0.5, 0.6) is 17.2 Å². The number of carbonyl (C=O) groups is 2. The molecule has 9 nitrogen and oxygen atoms in total. The minimum atomic E-state index is -1.05. The maximum absolute atomic E-state index is 14.1. The molecule has 1 aromatic heterocycles. The van der Waals surface area contributed by atoms with E-state index in [-0.39, 0.29) is 17.6 Å². The molecule has 1 heterocycles. The van der Waals surface area contributed by atoms with Crippen molar-refractivity contribution in [2.45, 2.75) is 51.1 Å². The summed E-state index contributed by atoms with van der Waals surface area (Å²) in [6, 6.07) is 9.86. The molecule has 0 radical (unpaired) electrons. The van der Waals surface area contributed by atoms with Gasteiger partial charge in [-0.15, -0.1) is 0 Å². The molecule has 1 aliphatic rings. The van der Waals surface area contributed by atoms with Gasteiger partial charge in [0.25, 0.3) is 5.91 Å². The van der Waals surface area contributed by atoms with Gasteiger partial charge in [-0.1, -0.05) is 31.4 Å². The zero-order valence-electron chi connectivity index (χ0n) is 22.3. The SMILES string of the molecule is COc1cc([C@H](C(=O)NC2CCCCC2)N(C(=O)c2cnccn2)c2cccc(C)c2)cc(OC)c1OC. The third-order valence-electron chi connectivity index (χ3n) is 6.74. The molecule has 0 spiro atoms. The average Bonchev–Trinajstić information content (AvgIpc) is 2.95. The van der Waals surface area contributed by atoms with Crippen molar-refractivity contribution in [1.29, 1.82) is 0 Å². The van der Waals surface area contributed by atoms with Gasteiger partial charge >= 0.3 is 0 Å². The lowest BCUT2D eigenvalue weighted by molar-refractivity contribution is -0.123. The van der Waals surface area contributed by atoms with Gasteiger partial charge in [0.05, 0.1) is 27.5 Å². The first-order valence-corrected chi connectivity index (χ1v) is 12.7. The van der Waals surface area contributed by atoms with Crippen molar-refractivity contribution in [3.05, 3.63) is 71.8 Å². The van der Waals surface area contributed by atoms with E-state index in [1.807, 2.05) is 25.1 Å². The van der Waals surface area contributed by atoms with Gasteiger partial charge < -0.3 is 19.5 Å². The van der Waals surface area contributed by atoms with Gasteiger partial charge in [0.15, 0.2) is 11.5 Å². The number of aromatic nitrogens is 2. The van der Waals surface area contributed by atoms with Gasteiger partial charge in [-0.25, -0.2) is 4.98 Å². The zero-order valence-corrected chi connectivity index (χ0v) is 22.3. The average molecular weight is 519 g/mol. The smallest absolute Gasteiger partial charge is 0.279 e. The largest absolute Gasteiger partial charge is 0.493 e. The quantitative estimate of drug-likeness (QED) is 0.440. The molecule has 2 amide bonds. The number of rotatable bonds is 9. The lowest BCUT2D eigenvalue weighted by Gasteiger charge is -2.33. The summed E-state index contributed by atoms with van der Waals surface area (Å²) in [5, 5.41) is 3.21. The number of nitrogens with zero attached hydrogens (tertiary/aromatic N) is 3. The summed E-state index contributed by atoms with van der Waals surface area (Å²) in [7, 11) is 4.55. The molecule has 1 atom stereocenters. The Balaban J connectivity index is 1.90. The highest BCUT2D eigenvalue weighted by molar-refractivity contribution is 6.09. The number of hydrogen-bond donors (Lipinski definition) is 1. The van der Waals surface area contributed by atoms with E-state index in [4.69, 9.17) is 14.2 Å². The molecule has 1 aliphatic carbocycles. The van der Waals surface area contributed by atoms with Crippen LogP contribution in [-0.4, -0.2) is 49.2 Å². The second-order valence-corrected chi connectivity index (χ2v) is 9.31. The number of nitrogens with one attached hydrogen (secondary N) is 1. The monoisotopic (exact) mass is 518 g/mol. The molecule has 9 heteroatoms. The summed E-state index contributed by atoms with van der Waals surface area (Å²) >= 11 is 0. The lowest BCUT2D eigenvalue weighted by Crippen LogP contribution is -2.47. The van der Waals surface area contributed by atoms with Gasteiger partial charge in [0, 0.05) is 24.1 Å². The van der Waals surface area contributed by atoms with Crippen molar-refractivity contribution in [1.82, 2.24) is 15.3 Å². The van der Waals surface area contributed by atoms with E-state index in [1.54, 1.807) is 18.2 Å². The Kier molecular flexibility index (Phi) is 8.78. The number of aryl methyl sites for hydroxylation is 1. The summed E-state index contributed by atoms with van der Waals surface area (Å²) < 4.78 is 16.7. The van der Waals surface area contributed by atoms with Crippen LogP contribution in [-0.2, 0) is 4.79 Å². The maximum atomic E-state index is 14.1. The number of anilines is 1. The van der Waals surface area contributed by atoms with Crippen LogP contribution in [0.15, 0.2) is 55.0 Å². The topological polar surface area (TPSA) is 103 Å². The highest BCUT2D eigenvalue weighted by Crippen LogP contribution is 2.42. The van der Waals surface area contributed by atoms with Crippen molar-refractivity contribution >= 4 is 17.5 Å². The highest BCUT2D eigenvalue weighted by atomic mass is 16.5. The number of carbonyl (C=O) groups excluding carboxylic acids is 2. The van der Waals surface area contributed by atoms with Gasteiger partial charge in [0.1, 0.15) is 11.7 Å². The van der Waals surface area contributed by atoms with Crippen LogP contribution in [0.1, 0.15) is 59.8 Å². The molecule has 0 unspecified atom stereocenters. The Morgan fingerprint density at radius 2 is 1.68 bits per heavy atom. The fourth-order valence-corrected chi connectivity index (χ4v) is 4.90. The second kappa shape index (κ2) is 12.4. The summed E-state index contributed by atoms with van der Waals surface area (Å²) in [5.41, 5.74) is 2.12. The Morgan fingerprint density at radius 3 is 2.26 bits per heavy atom. The highest BCUT2D eigenvalue weighted by Gasteiger charge is 2.36. The minimum Gasteiger partial charge on any atom is -0.493 e. The predicted molar refractivity (Wildman–Crippen MR) is 144 cm³/mol. The lowest BCUT2D eigenvalue weighted by atomic mass is 9.94. The van der Waals surface area contributed by atoms with Crippen LogP contribution in [0.25, 0.3) is 0 Å². The van der Waals surface area contributed by atoms with Crippen molar-refractivity contribution in [2.75, 3.05) is 26.2 Å². The summed E-state index contributed by atoms with van der Waals surface area (Å²) in [5.74, 6) is 0.403. The third kappa shape index (κ3) is 5.88. The fraction of sp³-hybridized carbons (Fsp3) is 0.379. The fourth-order valence-electron chi connectivity index (χ4n) is 4.90. The van der Waals surface area contributed by atoms with Crippen LogP contribution in [0.2, 0.25) is 0 Å². The van der Waals surface area contributed by atoms with Gasteiger partial charge in [-0.05, 0) is 55.2 Å². The molecule has 0 bridgehead atoms. The molecular weight excluding hydrogens is 484 g/mol. The van der Waals surface area contributed by atoms with Crippen LogP contribution in [0.4, 0.5) is 5.69 Å².